The van der Waals surface area contributed by atoms with Gasteiger partial charge in [0.15, 0.2) is 0 Å². The zero-order valence-electron chi connectivity index (χ0n) is 15.6. The second-order valence-corrected chi connectivity index (χ2v) is 6.33. The predicted molar refractivity (Wildman–Crippen MR) is 105 cm³/mol. The third-order valence-electron chi connectivity index (χ3n) is 4.58. The molecule has 0 aromatic heterocycles. The molecule has 2 N–H and O–H groups in total. The Bertz CT molecular complexity index is 624. The minimum atomic E-state index is -0.153. The first kappa shape index (κ1) is 19.7. The molecule has 0 aliphatic carbocycles. The van der Waals surface area contributed by atoms with E-state index in [1.807, 2.05) is 74.5 Å². The van der Waals surface area contributed by atoms with E-state index < -0.39 is 0 Å². The Morgan fingerprint density at radius 3 is 1.35 bits per heavy atom. The van der Waals surface area contributed by atoms with Crippen molar-refractivity contribution >= 4 is 11.8 Å². The largest absolute Gasteiger partial charge is 0.354 e. The van der Waals surface area contributed by atoms with Crippen molar-refractivity contribution in [3.63, 3.8) is 0 Å². The zero-order valence-corrected chi connectivity index (χ0v) is 15.6. The van der Waals surface area contributed by atoms with Gasteiger partial charge in [0.05, 0.1) is 11.8 Å². The van der Waals surface area contributed by atoms with Gasteiger partial charge in [-0.3, -0.25) is 9.59 Å². The molecule has 0 fully saturated rings. The minimum Gasteiger partial charge on any atom is -0.354 e. The molecule has 0 unspecified atom stereocenters. The van der Waals surface area contributed by atoms with E-state index in [2.05, 4.69) is 10.6 Å². The van der Waals surface area contributed by atoms with Gasteiger partial charge in [0.25, 0.3) is 0 Å². The third-order valence-corrected chi connectivity index (χ3v) is 4.58. The van der Waals surface area contributed by atoms with Gasteiger partial charge in [-0.1, -0.05) is 74.5 Å². The molecule has 4 heteroatoms. The standard InChI is InChI=1S/C22H28N2O2/c1-3-19(17-11-7-5-8-12-17)21(25)23-15-16-24-22(26)20(4-2)18-13-9-6-10-14-18/h5-14,19-20H,3-4,15-16H2,1-2H3,(H,23,25)(H,24,26)/t19-,20-/m0/s1. The number of hydrogen-bond acceptors (Lipinski definition) is 2. The van der Waals surface area contributed by atoms with Crippen LogP contribution >= 0.6 is 0 Å². The molecule has 2 aromatic rings. The van der Waals surface area contributed by atoms with E-state index in [0.29, 0.717) is 13.1 Å². The smallest absolute Gasteiger partial charge is 0.227 e. The molecular formula is C22H28N2O2. The van der Waals surface area contributed by atoms with Gasteiger partial charge in [0, 0.05) is 13.1 Å². The van der Waals surface area contributed by atoms with Crippen LogP contribution in [0.15, 0.2) is 60.7 Å². The Kier molecular flexibility index (Phi) is 7.87. The maximum absolute atomic E-state index is 12.4. The van der Waals surface area contributed by atoms with Crippen molar-refractivity contribution in [3.8, 4) is 0 Å². The Morgan fingerprint density at radius 2 is 1.04 bits per heavy atom. The lowest BCUT2D eigenvalue weighted by atomic mass is 9.95. The highest BCUT2D eigenvalue weighted by Crippen LogP contribution is 2.20. The first-order chi connectivity index (χ1) is 12.7. The molecule has 0 bridgehead atoms. The SMILES string of the molecule is CC[C@H](C(=O)NCCNC(=O)[C@@H](CC)c1ccccc1)c1ccccc1. The molecule has 0 spiro atoms. The summed E-state index contributed by atoms with van der Waals surface area (Å²) in [5, 5.41) is 5.86. The topological polar surface area (TPSA) is 58.2 Å². The molecule has 0 radical (unpaired) electrons. The van der Waals surface area contributed by atoms with Crippen LogP contribution in [0.25, 0.3) is 0 Å². The Labute approximate surface area is 156 Å². The molecule has 26 heavy (non-hydrogen) atoms. The second-order valence-electron chi connectivity index (χ2n) is 6.33. The first-order valence-electron chi connectivity index (χ1n) is 9.32. The van der Waals surface area contributed by atoms with Crippen molar-refractivity contribution in [1.82, 2.24) is 10.6 Å². The summed E-state index contributed by atoms with van der Waals surface area (Å²) in [4.78, 5) is 24.8. The molecule has 2 rings (SSSR count). The fourth-order valence-electron chi connectivity index (χ4n) is 3.13. The van der Waals surface area contributed by atoms with Crippen molar-refractivity contribution in [3.05, 3.63) is 71.8 Å². The molecule has 4 nitrogen and oxygen atoms in total. The van der Waals surface area contributed by atoms with Crippen LogP contribution < -0.4 is 10.6 Å². The predicted octanol–water partition coefficient (Wildman–Crippen LogP) is 3.61. The van der Waals surface area contributed by atoms with Crippen LogP contribution in [0.2, 0.25) is 0 Å². The van der Waals surface area contributed by atoms with Gasteiger partial charge in [0.2, 0.25) is 11.8 Å². The fourth-order valence-corrected chi connectivity index (χ4v) is 3.13. The van der Waals surface area contributed by atoms with Gasteiger partial charge in [-0.25, -0.2) is 0 Å². The lowest BCUT2D eigenvalue weighted by Gasteiger charge is -2.17. The minimum absolute atomic E-state index is 0.00282. The van der Waals surface area contributed by atoms with Crippen LogP contribution in [0.1, 0.15) is 49.7 Å². The highest BCUT2D eigenvalue weighted by atomic mass is 16.2. The van der Waals surface area contributed by atoms with Gasteiger partial charge < -0.3 is 10.6 Å². The number of carbonyl (C=O) groups excluding carboxylic acids is 2. The molecule has 2 aromatic carbocycles. The van der Waals surface area contributed by atoms with Crippen molar-refractivity contribution in [1.29, 1.82) is 0 Å². The van der Waals surface area contributed by atoms with E-state index in [1.165, 1.54) is 0 Å². The molecule has 2 atom stereocenters. The Balaban J connectivity index is 1.80. The summed E-state index contributed by atoms with van der Waals surface area (Å²) in [5.74, 6) is -0.301. The molecule has 0 aliphatic rings. The number of nitrogens with one attached hydrogen (secondary N) is 2. The monoisotopic (exact) mass is 352 g/mol. The zero-order chi connectivity index (χ0) is 18.8. The average molecular weight is 352 g/mol. The first-order valence-corrected chi connectivity index (χ1v) is 9.32. The highest BCUT2D eigenvalue weighted by Gasteiger charge is 2.19. The summed E-state index contributed by atoms with van der Waals surface area (Å²) in [6.07, 6.45) is 1.49. The van der Waals surface area contributed by atoms with E-state index in [4.69, 9.17) is 0 Å². The van der Waals surface area contributed by atoms with Crippen molar-refractivity contribution in [2.45, 2.75) is 38.5 Å². The maximum Gasteiger partial charge on any atom is 0.227 e. The second kappa shape index (κ2) is 10.4. The number of amides is 2. The number of benzene rings is 2. The maximum atomic E-state index is 12.4. The summed E-state index contributed by atoms with van der Waals surface area (Å²) in [5.41, 5.74) is 2.04. The summed E-state index contributed by atoms with van der Waals surface area (Å²) < 4.78 is 0. The van der Waals surface area contributed by atoms with Gasteiger partial charge >= 0.3 is 0 Å². The van der Waals surface area contributed by atoms with E-state index in [1.54, 1.807) is 0 Å². The molecule has 0 saturated carbocycles. The van der Waals surface area contributed by atoms with Crippen molar-refractivity contribution < 1.29 is 9.59 Å². The Hall–Kier alpha value is -2.62. The molecule has 0 aliphatic heterocycles. The van der Waals surface area contributed by atoms with Crippen LogP contribution in [0.4, 0.5) is 0 Å². The molecular weight excluding hydrogens is 324 g/mol. The van der Waals surface area contributed by atoms with Crippen LogP contribution in [-0.2, 0) is 9.59 Å². The highest BCUT2D eigenvalue weighted by molar-refractivity contribution is 5.84. The van der Waals surface area contributed by atoms with Gasteiger partial charge in [-0.05, 0) is 24.0 Å². The van der Waals surface area contributed by atoms with E-state index >= 15 is 0 Å². The van der Waals surface area contributed by atoms with Crippen LogP contribution in [0, 0.1) is 0 Å². The lowest BCUT2D eigenvalue weighted by Crippen LogP contribution is -2.38. The van der Waals surface area contributed by atoms with Gasteiger partial charge in [0.1, 0.15) is 0 Å². The number of rotatable bonds is 9. The van der Waals surface area contributed by atoms with Crippen LogP contribution in [0.3, 0.4) is 0 Å². The summed E-state index contributed by atoms with van der Waals surface area (Å²) in [7, 11) is 0. The lowest BCUT2D eigenvalue weighted by molar-refractivity contribution is -0.124. The molecule has 0 heterocycles. The normalized spacial score (nSPS) is 12.8. The summed E-state index contributed by atoms with van der Waals surface area (Å²) in [6.45, 7) is 4.87. The summed E-state index contributed by atoms with van der Waals surface area (Å²) in [6, 6.07) is 19.6. The Morgan fingerprint density at radius 1 is 0.692 bits per heavy atom. The quantitative estimate of drug-likeness (QED) is 0.678. The van der Waals surface area contributed by atoms with Crippen molar-refractivity contribution in [2.75, 3.05) is 13.1 Å². The summed E-state index contributed by atoms with van der Waals surface area (Å²) >= 11 is 0. The van der Waals surface area contributed by atoms with Crippen molar-refractivity contribution in [2.24, 2.45) is 0 Å². The van der Waals surface area contributed by atoms with E-state index in [9.17, 15) is 9.59 Å². The van der Waals surface area contributed by atoms with Gasteiger partial charge in [-0.2, -0.15) is 0 Å². The third kappa shape index (κ3) is 5.45. The number of carbonyl (C=O) groups is 2. The number of hydrogen-bond donors (Lipinski definition) is 2. The molecule has 2 amide bonds. The fraction of sp³-hybridized carbons (Fsp3) is 0.364. The van der Waals surface area contributed by atoms with E-state index in [-0.39, 0.29) is 23.7 Å². The molecule has 0 saturated heterocycles. The molecule has 138 valence electrons. The average Bonchev–Trinajstić information content (AvgIpc) is 2.68. The van der Waals surface area contributed by atoms with E-state index in [0.717, 1.165) is 24.0 Å². The van der Waals surface area contributed by atoms with Crippen LogP contribution in [0.5, 0.6) is 0 Å². The van der Waals surface area contributed by atoms with Gasteiger partial charge in [-0.15, -0.1) is 0 Å². The van der Waals surface area contributed by atoms with Crippen LogP contribution in [-0.4, -0.2) is 24.9 Å².